The van der Waals surface area contributed by atoms with Crippen LogP contribution in [0.4, 0.5) is 5.88 Å². The first-order valence-corrected chi connectivity index (χ1v) is 8.46. The molecule has 0 aliphatic carbocycles. The number of hydrogen-bond donors (Lipinski definition) is 0. The molecule has 0 bridgehead atoms. The number of aryl methyl sites for hydroxylation is 1. The van der Waals surface area contributed by atoms with E-state index < -0.39 is 0 Å². The summed E-state index contributed by atoms with van der Waals surface area (Å²) >= 11 is 6.12. The zero-order chi connectivity index (χ0) is 18.5. The van der Waals surface area contributed by atoms with Gasteiger partial charge in [-0.2, -0.15) is 5.26 Å². The lowest BCUT2D eigenvalue weighted by molar-refractivity contribution is 0.306. The number of halogens is 1. The number of ether oxygens (including phenoxy) is 1. The van der Waals surface area contributed by atoms with Crippen LogP contribution in [-0.4, -0.2) is 6.21 Å². The van der Waals surface area contributed by atoms with Crippen LogP contribution < -0.4 is 4.74 Å². The Morgan fingerprint density at radius 2 is 1.88 bits per heavy atom. The Morgan fingerprint density at radius 3 is 2.58 bits per heavy atom. The highest BCUT2D eigenvalue weighted by Crippen LogP contribution is 2.28. The molecule has 0 spiro atoms. The van der Waals surface area contributed by atoms with E-state index in [0.717, 1.165) is 22.4 Å². The van der Waals surface area contributed by atoms with Crippen molar-refractivity contribution in [2.24, 2.45) is 4.99 Å². The van der Waals surface area contributed by atoms with Crippen molar-refractivity contribution in [3.63, 3.8) is 0 Å². The van der Waals surface area contributed by atoms with Crippen LogP contribution in [0.15, 0.2) is 57.9 Å². The predicted octanol–water partition coefficient (Wildman–Crippen LogP) is 5.75. The van der Waals surface area contributed by atoms with Crippen LogP contribution in [0.2, 0.25) is 5.02 Å². The van der Waals surface area contributed by atoms with Crippen LogP contribution in [0.1, 0.15) is 28.0 Å². The van der Waals surface area contributed by atoms with E-state index in [4.69, 9.17) is 20.8 Å². The first kappa shape index (κ1) is 17.8. The Hall–Kier alpha value is -3.03. The fraction of sp³-hybridized carbons (Fsp3) is 0.143. The summed E-state index contributed by atoms with van der Waals surface area (Å²) in [5, 5.41) is 9.90. The van der Waals surface area contributed by atoms with Gasteiger partial charge >= 0.3 is 0 Å². The van der Waals surface area contributed by atoms with Gasteiger partial charge < -0.3 is 9.15 Å². The van der Waals surface area contributed by atoms with Gasteiger partial charge in [-0.3, -0.25) is 0 Å². The van der Waals surface area contributed by atoms with Gasteiger partial charge in [0, 0.05) is 22.4 Å². The van der Waals surface area contributed by atoms with Gasteiger partial charge in [0.15, 0.2) is 0 Å². The molecule has 2 aromatic carbocycles. The molecule has 130 valence electrons. The first-order chi connectivity index (χ1) is 12.6. The lowest BCUT2D eigenvalue weighted by Crippen LogP contribution is -1.96. The Labute approximate surface area is 157 Å². The molecular weight excluding hydrogens is 348 g/mol. The van der Waals surface area contributed by atoms with Crippen molar-refractivity contribution in [2.45, 2.75) is 20.5 Å². The average molecular weight is 365 g/mol. The third-order valence-corrected chi connectivity index (χ3v) is 4.41. The predicted molar refractivity (Wildman–Crippen MR) is 102 cm³/mol. The van der Waals surface area contributed by atoms with E-state index in [1.165, 1.54) is 0 Å². The second-order valence-corrected chi connectivity index (χ2v) is 6.19. The van der Waals surface area contributed by atoms with Crippen LogP contribution in [-0.2, 0) is 6.61 Å². The summed E-state index contributed by atoms with van der Waals surface area (Å²) in [6.45, 7) is 4.07. The fourth-order valence-corrected chi connectivity index (χ4v) is 2.58. The van der Waals surface area contributed by atoms with E-state index in [1.807, 2.05) is 62.4 Å². The first-order valence-electron chi connectivity index (χ1n) is 8.09. The van der Waals surface area contributed by atoms with Gasteiger partial charge in [-0.25, -0.2) is 4.99 Å². The van der Waals surface area contributed by atoms with Gasteiger partial charge in [0.25, 0.3) is 0 Å². The van der Waals surface area contributed by atoms with E-state index in [1.54, 1.807) is 6.21 Å². The van der Waals surface area contributed by atoms with E-state index >= 15 is 0 Å². The van der Waals surface area contributed by atoms with Gasteiger partial charge in [-0.15, -0.1) is 0 Å². The summed E-state index contributed by atoms with van der Waals surface area (Å²) < 4.78 is 11.3. The molecule has 1 aromatic heterocycles. The summed E-state index contributed by atoms with van der Waals surface area (Å²) in [5.74, 6) is 1.78. The van der Waals surface area contributed by atoms with Crippen molar-refractivity contribution in [1.82, 2.24) is 0 Å². The van der Waals surface area contributed by atoms with Crippen LogP contribution in [0.5, 0.6) is 5.75 Å². The second kappa shape index (κ2) is 7.90. The molecule has 0 aliphatic rings. The second-order valence-electron chi connectivity index (χ2n) is 5.78. The molecule has 26 heavy (non-hydrogen) atoms. The number of nitriles is 1. The van der Waals surface area contributed by atoms with Crippen LogP contribution in [0.3, 0.4) is 0 Å². The SMILES string of the molecule is Cc1oc(N=Cc2ccc(OCc3ccccc3Cl)cc2)c(C#N)c1C. The van der Waals surface area contributed by atoms with Crippen LogP contribution in [0, 0.1) is 25.2 Å². The lowest BCUT2D eigenvalue weighted by Gasteiger charge is -2.07. The highest BCUT2D eigenvalue weighted by Gasteiger charge is 2.12. The summed E-state index contributed by atoms with van der Waals surface area (Å²) in [4.78, 5) is 4.29. The smallest absolute Gasteiger partial charge is 0.237 e. The van der Waals surface area contributed by atoms with Crippen molar-refractivity contribution >= 4 is 23.7 Å². The Bertz CT molecular complexity index is 982. The van der Waals surface area contributed by atoms with Gasteiger partial charge in [-0.05, 0) is 49.7 Å². The molecule has 0 atom stereocenters. The molecule has 0 fully saturated rings. The van der Waals surface area contributed by atoms with Crippen molar-refractivity contribution in [3.05, 3.63) is 81.6 Å². The molecule has 5 heteroatoms. The van der Waals surface area contributed by atoms with E-state index in [9.17, 15) is 5.26 Å². The standard InChI is InChI=1S/C21H17ClN2O2/c1-14-15(2)26-21(19(14)11-23)24-12-16-7-9-18(10-8-16)25-13-17-5-3-4-6-20(17)22/h3-10,12H,13H2,1-2H3. The molecule has 1 heterocycles. The average Bonchev–Trinajstić information content (AvgIpc) is 2.93. The number of aliphatic imine (C=N–C) groups is 1. The highest BCUT2D eigenvalue weighted by atomic mass is 35.5. The number of nitrogens with zero attached hydrogens (tertiary/aromatic N) is 2. The molecule has 4 nitrogen and oxygen atoms in total. The van der Waals surface area contributed by atoms with Gasteiger partial charge in [0.1, 0.15) is 29.7 Å². The van der Waals surface area contributed by atoms with Crippen molar-refractivity contribution < 1.29 is 9.15 Å². The van der Waals surface area contributed by atoms with Crippen molar-refractivity contribution in [3.8, 4) is 11.8 Å². The molecule has 0 saturated heterocycles. The number of benzene rings is 2. The molecule has 0 aliphatic heterocycles. The van der Waals surface area contributed by atoms with E-state index in [2.05, 4.69) is 11.1 Å². The molecule has 3 rings (SSSR count). The van der Waals surface area contributed by atoms with Gasteiger partial charge in [0.2, 0.25) is 5.88 Å². The van der Waals surface area contributed by atoms with E-state index in [-0.39, 0.29) is 0 Å². The number of hydrogen-bond acceptors (Lipinski definition) is 4. The molecular formula is C21H17ClN2O2. The zero-order valence-electron chi connectivity index (χ0n) is 14.5. The number of furan rings is 1. The Balaban J connectivity index is 1.67. The lowest BCUT2D eigenvalue weighted by atomic mass is 10.2. The topological polar surface area (TPSA) is 58.5 Å². The summed E-state index contributed by atoms with van der Waals surface area (Å²) in [7, 11) is 0. The molecule has 3 aromatic rings. The quantitative estimate of drug-likeness (QED) is 0.541. The normalized spacial score (nSPS) is 10.8. The highest BCUT2D eigenvalue weighted by molar-refractivity contribution is 6.31. The van der Waals surface area contributed by atoms with Crippen LogP contribution >= 0.6 is 11.6 Å². The third-order valence-electron chi connectivity index (χ3n) is 4.04. The summed E-state index contributed by atoms with van der Waals surface area (Å²) in [6, 6.07) is 17.2. The maximum atomic E-state index is 9.21. The molecule has 0 N–H and O–H groups in total. The Morgan fingerprint density at radius 1 is 1.15 bits per heavy atom. The van der Waals surface area contributed by atoms with Crippen molar-refractivity contribution in [1.29, 1.82) is 5.26 Å². The fourth-order valence-electron chi connectivity index (χ4n) is 2.39. The minimum atomic E-state index is 0.335. The maximum absolute atomic E-state index is 9.21. The molecule has 0 amide bonds. The Kier molecular flexibility index (Phi) is 5.40. The minimum Gasteiger partial charge on any atom is -0.489 e. The molecule has 0 saturated carbocycles. The van der Waals surface area contributed by atoms with E-state index in [0.29, 0.717) is 28.8 Å². The van der Waals surface area contributed by atoms with Gasteiger partial charge in [0.05, 0.1) is 0 Å². The van der Waals surface area contributed by atoms with Crippen LogP contribution in [0.25, 0.3) is 0 Å². The zero-order valence-corrected chi connectivity index (χ0v) is 15.2. The van der Waals surface area contributed by atoms with Crippen molar-refractivity contribution in [2.75, 3.05) is 0 Å². The monoisotopic (exact) mass is 364 g/mol. The maximum Gasteiger partial charge on any atom is 0.237 e. The largest absolute Gasteiger partial charge is 0.489 e. The minimum absolute atomic E-state index is 0.335. The molecule has 0 unspecified atom stereocenters. The summed E-state index contributed by atoms with van der Waals surface area (Å²) in [5.41, 5.74) is 3.11. The third kappa shape index (κ3) is 3.96. The van der Waals surface area contributed by atoms with Gasteiger partial charge in [-0.1, -0.05) is 29.8 Å². The molecule has 0 radical (unpaired) electrons. The number of rotatable bonds is 5. The summed E-state index contributed by atoms with van der Waals surface area (Å²) in [6.07, 6.45) is 1.66.